The maximum Gasteiger partial charge on any atom is 0.151 e. The van der Waals surface area contributed by atoms with Crippen molar-refractivity contribution in [3.8, 4) is 10.6 Å². The van der Waals surface area contributed by atoms with E-state index in [4.69, 9.17) is 16.7 Å². The van der Waals surface area contributed by atoms with E-state index in [2.05, 4.69) is 20.5 Å². The van der Waals surface area contributed by atoms with E-state index in [0.717, 1.165) is 11.3 Å². The molecule has 0 atom stereocenters. The van der Waals surface area contributed by atoms with Gasteiger partial charge in [-0.3, -0.25) is 0 Å². The maximum atomic E-state index is 8.92. The highest BCUT2D eigenvalue weighted by Gasteiger charge is 2.11. The van der Waals surface area contributed by atoms with Crippen LogP contribution in [0.4, 0.5) is 5.69 Å². The standard InChI is InChI=1S/C9H9ClN4OS/c1-11-6-2-7(10)12-3-5(6)9-14-13-8(4-15)16-9/h2-3,15H,4H2,1H3,(H,11,12). The molecule has 0 saturated heterocycles. The van der Waals surface area contributed by atoms with Gasteiger partial charge in [-0.1, -0.05) is 22.9 Å². The van der Waals surface area contributed by atoms with Gasteiger partial charge in [-0.05, 0) is 6.07 Å². The van der Waals surface area contributed by atoms with Crippen LogP contribution in [0.15, 0.2) is 12.3 Å². The molecule has 2 N–H and O–H groups in total. The van der Waals surface area contributed by atoms with E-state index in [9.17, 15) is 0 Å². The second-order valence-corrected chi connectivity index (χ2v) is 4.41. The quantitative estimate of drug-likeness (QED) is 0.820. The van der Waals surface area contributed by atoms with Crippen LogP contribution in [0, 0.1) is 0 Å². The number of halogens is 1. The van der Waals surface area contributed by atoms with Gasteiger partial charge in [0.05, 0.1) is 12.2 Å². The third-order valence-electron chi connectivity index (χ3n) is 1.97. The highest BCUT2D eigenvalue weighted by molar-refractivity contribution is 7.14. The van der Waals surface area contributed by atoms with E-state index in [0.29, 0.717) is 15.2 Å². The Morgan fingerprint density at radius 2 is 2.31 bits per heavy atom. The van der Waals surface area contributed by atoms with Crippen molar-refractivity contribution in [2.75, 3.05) is 12.4 Å². The summed E-state index contributed by atoms with van der Waals surface area (Å²) < 4.78 is 0. The molecule has 0 saturated carbocycles. The molecule has 0 amide bonds. The summed E-state index contributed by atoms with van der Waals surface area (Å²) in [7, 11) is 1.79. The summed E-state index contributed by atoms with van der Waals surface area (Å²) in [5.41, 5.74) is 1.66. The molecule has 7 heteroatoms. The number of aliphatic hydroxyl groups excluding tert-OH is 1. The minimum atomic E-state index is -0.104. The number of aliphatic hydroxyl groups is 1. The highest BCUT2D eigenvalue weighted by Crippen LogP contribution is 2.30. The van der Waals surface area contributed by atoms with Crippen molar-refractivity contribution in [2.45, 2.75) is 6.61 Å². The first-order valence-corrected chi connectivity index (χ1v) is 5.71. The van der Waals surface area contributed by atoms with E-state index in [1.807, 2.05) is 0 Å². The summed E-state index contributed by atoms with van der Waals surface area (Å²) in [5.74, 6) is 0. The first kappa shape index (κ1) is 11.3. The molecule has 0 unspecified atom stereocenters. The Balaban J connectivity index is 2.46. The van der Waals surface area contributed by atoms with Crippen molar-refractivity contribution in [1.82, 2.24) is 15.2 Å². The van der Waals surface area contributed by atoms with Gasteiger partial charge in [0.1, 0.15) is 10.2 Å². The molecule has 0 bridgehead atoms. The minimum Gasteiger partial charge on any atom is -0.389 e. The minimum absolute atomic E-state index is 0.104. The summed E-state index contributed by atoms with van der Waals surface area (Å²) in [4.78, 5) is 4.00. The lowest BCUT2D eigenvalue weighted by Gasteiger charge is -2.05. The molecule has 16 heavy (non-hydrogen) atoms. The number of rotatable bonds is 3. The average Bonchev–Trinajstić information content (AvgIpc) is 2.77. The molecule has 2 aromatic rings. The SMILES string of the molecule is CNc1cc(Cl)ncc1-c1nnc(CO)s1. The summed E-state index contributed by atoms with van der Waals surface area (Å²) in [6, 6.07) is 1.72. The smallest absolute Gasteiger partial charge is 0.151 e. The van der Waals surface area contributed by atoms with Gasteiger partial charge in [-0.25, -0.2) is 4.98 Å². The molecule has 0 aliphatic heterocycles. The van der Waals surface area contributed by atoms with Crippen LogP contribution in [-0.2, 0) is 6.61 Å². The van der Waals surface area contributed by atoms with Crippen LogP contribution in [-0.4, -0.2) is 27.3 Å². The summed E-state index contributed by atoms with van der Waals surface area (Å²) in [6.07, 6.45) is 1.63. The third-order valence-corrected chi connectivity index (χ3v) is 3.12. The fraction of sp³-hybridized carbons (Fsp3) is 0.222. The summed E-state index contributed by atoms with van der Waals surface area (Å²) in [5, 5.41) is 21.5. The predicted octanol–water partition coefficient (Wildman–Crippen LogP) is 1.79. The van der Waals surface area contributed by atoms with Crippen molar-refractivity contribution in [2.24, 2.45) is 0 Å². The molecule has 5 nitrogen and oxygen atoms in total. The van der Waals surface area contributed by atoms with Gasteiger partial charge in [0, 0.05) is 18.9 Å². The summed E-state index contributed by atoms with van der Waals surface area (Å²) in [6.45, 7) is -0.104. The van der Waals surface area contributed by atoms with Crippen molar-refractivity contribution < 1.29 is 5.11 Å². The van der Waals surface area contributed by atoms with Crippen molar-refractivity contribution in [3.05, 3.63) is 22.4 Å². The van der Waals surface area contributed by atoms with Crippen LogP contribution in [0.25, 0.3) is 10.6 Å². The van der Waals surface area contributed by atoms with E-state index < -0.39 is 0 Å². The fourth-order valence-corrected chi connectivity index (χ4v) is 2.12. The van der Waals surface area contributed by atoms with Crippen LogP contribution in [0.5, 0.6) is 0 Å². The number of pyridine rings is 1. The molecular weight excluding hydrogens is 248 g/mol. The molecule has 0 aromatic carbocycles. The van der Waals surface area contributed by atoms with Crippen LogP contribution in [0.2, 0.25) is 5.15 Å². The van der Waals surface area contributed by atoms with E-state index in [1.54, 1.807) is 19.3 Å². The Bertz CT molecular complexity index is 502. The van der Waals surface area contributed by atoms with Gasteiger partial charge in [0.15, 0.2) is 5.01 Å². The number of nitrogens with zero attached hydrogens (tertiary/aromatic N) is 3. The van der Waals surface area contributed by atoms with Crippen LogP contribution in [0.3, 0.4) is 0 Å². The third kappa shape index (κ3) is 2.13. The average molecular weight is 257 g/mol. The van der Waals surface area contributed by atoms with Crippen molar-refractivity contribution in [3.63, 3.8) is 0 Å². The fourth-order valence-electron chi connectivity index (χ4n) is 1.23. The molecular formula is C9H9ClN4OS. The highest BCUT2D eigenvalue weighted by atomic mass is 35.5. The zero-order chi connectivity index (χ0) is 11.5. The normalized spacial score (nSPS) is 10.4. The van der Waals surface area contributed by atoms with Gasteiger partial charge < -0.3 is 10.4 Å². The lowest BCUT2D eigenvalue weighted by Crippen LogP contribution is -1.93. The Morgan fingerprint density at radius 1 is 1.50 bits per heavy atom. The molecule has 0 fully saturated rings. The second kappa shape index (κ2) is 4.73. The topological polar surface area (TPSA) is 70.9 Å². The van der Waals surface area contributed by atoms with Crippen molar-refractivity contribution in [1.29, 1.82) is 0 Å². The lowest BCUT2D eigenvalue weighted by molar-refractivity contribution is 0.280. The van der Waals surface area contributed by atoms with Crippen LogP contribution in [0.1, 0.15) is 5.01 Å². The van der Waals surface area contributed by atoms with Crippen LogP contribution < -0.4 is 5.32 Å². The molecule has 0 aliphatic carbocycles. The van der Waals surface area contributed by atoms with E-state index >= 15 is 0 Å². The molecule has 0 radical (unpaired) electrons. The Hall–Kier alpha value is -1.24. The van der Waals surface area contributed by atoms with Gasteiger partial charge in [-0.15, -0.1) is 10.2 Å². The van der Waals surface area contributed by atoms with Gasteiger partial charge in [0.25, 0.3) is 0 Å². The lowest BCUT2D eigenvalue weighted by atomic mass is 10.2. The van der Waals surface area contributed by atoms with Gasteiger partial charge in [0.2, 0.25) is 0 Å². The number of hydrogen-bond donors (Lipinski definition) is 2. The number of anilines is 1. The second-order valence-electron chi connectivity index (χ2n) is 2.96. The maximum absolute atomic E-state index is 8.92. The zero-order valence-electron chi connectivity index (χ0n) is 8.44. The largest absolute Gasteiger partial charge is 0.389 e. The Labute approximate surface area is 101 Å². The van der Waals surface area contributed by atoms with Gasteiger partial charge >= 0.3 is 0 Å². The molecule has 2 heterocycles. The molecule has 0 spiro atoms. The van der Waals surface area contributed by atoms with Crippen LogP contribution >= 0.6 is 22.9 Å². The Morgan fingerprint density at radius 3 is 2.94 bits per heavy atom. The summed E-state index contributed by atoms with van der Waals surface area (Å²) >= 11 is 7.12. The predicted molar refractivity (Wildman–Crippen MR) is 63.6 cm³/mol. The first-order valence-electron chi connectivity index (χ1n) is 4.51. The zero-order valence-corrected chi connectivity index (χ0v) is 10.0. The van der Waals surface area contributed by atoms with Crippen molar-refractivity contribution >= 4 is 28.6 Å². The molecule has 2 aromatic heterocycles. The monoisotopic (exact) mass is 256 g/mol. The first-order chi connectivity index (χ1) is 7.74. The number of hydrogen-bond acceptors (Lipinski definition) is 6. The molecule has 84 valence electrons. The Kier molecular flexibility index (Phi) is 3.33. The number of nitrogens with one attached hydrogen (secondary N) is 1. The van der Waals surface area contributed by atoms with Gasteiger partial charge in [-0.2, -0.15) is 0 Å². The number of aromatic nitrogens is 3. The van der Waals surface area contributed by atoms with E-state index in [-0.39, 0.29) is 6.61 Å². The van der Waals surface area contributed by atoms with E-state index in [1.165, 1.54) is 11.3 Å². The molecule has 0 aliphatic rings. The molecule has 2 rings (SSSR count).